The van der Waals surface area contributed by atoms with E-state index in [2.05, 4.69) is 11.9 Å². The molecule has 0 aromatic heterocycles. The van der Waals surface area contributed by atoms with Crippen LogP contribution in [-0.2, 0) is 6.42 Å². The molecule has 3 nitrogen and oxygen atoms in total. The number of aromatic hydroxyl groups is 2. The standard InChI is InChI=1S/C12H15NO2/c1-13-5-7-4-9-8(10(7)6-13)2-3-11(14)12(9)15/h2-3,7,10,14-15H,4-6H2,1H3. The number of rotatable bonds is 0. The van der Waals surface area contributed by atoms with E-state index in [-0.39, 0.29) is 11.5 Å². The van der Waals surface area contributed by atoms with Crippen LogP contribution in [0.2, 0.25) is 0 Å². The van der Waals surface area contributed by atoms with Gasteiger partial charge in [0.25, 0.3) is 0 Å². The minimum Gasteiger partial charge on any atom is -0.504 e. The van der Waals surface area contributed by atoms with Gasteiger partial charge in [0.05, 0.1) is 0 Å². The van der Waals surface area contributed by atoms with Gasteiger partial charge in [0.2, 0.25) is 0 Å². The molecule has 80 valence electrons. The normalized spacial score (nSPS) is 29.1. The summed E-state index contributed by atoms with van der Waals surface area (Å²) in [6.45, 7) is 2.17. The van der Waals surface area contributed by atoms with E-state index >= 15 is 0 Å². The van der Waals surface area contributed by atoms with Gasteiger partial charge in [-0.2, -0.15) is 0 Å². The second kappa shape index (κ2) is 2.89. The number of hydrogen-bond donors (Lipinski definition) is 2. The van der Waals surface area contributed by atoms with E-state index in [1.807, 2.05) is 6.07 Å². The molecule has 2 atom stereocenters. The summed E-state index contributed by atoms with van der Waals surface area (Å²) in [5, 5.41) is 19.2. The zero-order valence-electron chi connectivity index (χ0n) is 8.77. The van der Waals surface area contributed by atoms with Gasteiger partial charge in [-0.05, 0) is 31.0 Å². The molecule has 1 aromatic carbocycles. The average molecular weight is 205 g/mol. The lowest BCUT2D eigenvalue weighted by Gasteiger charge is -2.11. The number of nitrogens with zero attached hydrogens (tertiary/aromatic N) is 1. The van der Waals surface area contributed by atoms with E-state index in [0.29, 0.717) is 11.8 Å². The smallest absolute Gasteiger partial charge is 0.160 e. The molecule has 1 heterocycles. The fourth-order valence-electron chi connectivity index (χ4n) is 3.11. The van der Waals surface area contributed by atoms with E-state index in [0.717, 1.165) is 25.1 Å². The van der Waals surface area contributed by atoms with Crippen molar-refractivity contribution in [3.05, 3.63) is 23.3 Å². The maximum absolute atomic E-state index is 9.78. The maximum Gasteiger partial charge on any atom is 0.160 e. The topological polar surface area (TPSA) is 43.7 Å². The summed E-state index contributed by atoms with van der Waals surface area (Å²) in [7, 11) is 2.14. The third-order valence-electron chi connectivity index (χ3n) is 3.79. The van der Waals surface area contributed by atoms with E-state index in [4.69, 9.17) is 0 Å². The van der Waals surface area contributed by atoms with Crippen molar-refractivity contribution < 1.29 is 10.2 Å². The molecule has 1 aromatic rings. The van der Waals surface area contributed by atoms with Crippen LogP contribution in [0.15, 0.2) is 12.1 Å². The first-order valence-electron chi connectivity index (χ1n) is 5.39. The van der Waals surface area contributed by atoms with Crippen LogP contribution in [0.25, 0.3) is 0 Å². The first kappa shape index (κ1) is 9.04. The van der Waals surface area contributed by atoms with Crippen molar-refractivity contribution >= 4 is 0 Å². The van der Waals surface area contributed by atoms with Crippen molar-refractivity contribution in [3.8, 4) is 11.5 Å². The molecule has 3 heteroatoms. The molecular weight excluding hydrogens is 190 g/mol. The fourth-order valence-corrected chi connectivity index (χ4v) is 3.11. The van der Waals surface area contributed by atoms with Crippen molar-refractivity contribution in [2.45, 2.75) is 12.3 Å². The van der Waals surface area contributed by atoms with Crippen LogP contribution in [0.4, 0.5) is 0 Å². The molecule has 0 saturated carbocycles. The largest absolute Gasteiger partial charge is 0.504 e. The summed E-state index contributed by atoms with van der Waals surface area (Å²) in [6, 6.07) is 3.57. The predicted octanol–water partition coefficient (Wildman–Crippen LogP) is 1.30. The summed E-state index contributed by atoms with van der Waals surface area (Å²) in [6.07, 6.45) is 0.907. The molecule has 1 aliphatic heterocycles. The zero-order valence-corrected chi connectivity index (χ0v) is 8.77. The van der Waals surface area contributed by atoms with E-state index in [1.165, 1.54) is 5.56 Å². The number of phenolic OH excluding ortho intramolecular Hbond substituents is 2. The van der Waals surface area contributed by atoms with Gasteiger partial charge in [0.1, 0.15) is 0 Å². The molecule has 0 spiro atoms. The van der Waals surface area contributed by atoms with Gasteiger partial charge in [0, 0.05) is 24.6 Å². The SMILES string of the molecule is CN1CC2Cc3c(ccc(O)c3O)C2C1. The Hall–Kier alpha value is -1.22. The third-order valence-corrected chi connectivity index (χ3v) is 3.79. The molecule has 0 radical (unpaired) electrons. The summed E-state index contributed by atoms with van der Waals surface area (Å²) in [4.78, 5) is 2.34. The van der Waals surface area contributed by atoms with Crippen molar-refractivity contribution in [2.24, 2.45) is 5.92 Å². The van der Waals surface area contributed by atoms with Gasteiger partial charge in [-0.1, -0.05) is 6.07 Å². The highest BCUT2D eigenvalue weighted by molar-refractivity contribution is 5.53. The molecule has 2 aliphatic rings. The second-order valence-corrected chi connectivity index (χ2v) is 4.79. The summed E-state index contributed by atoms with van der Waals surface area (Å²) < 4.78 is 0. The summed E-state index contributed by atoms with van der Waals surface area (Å²) in [5.41, 5.74) is 2.21. The zero-order chi connectivity index (χ0) is 10.6. The van der Waals surface area contributed by atoms with Crippen LogP contribution >= 0.6 is 0 Å². The third kappa shape index (κ3) is 1.16. The molecule has 1 saturated heterocycles. The van der Waals surface area contributed by atoms with Gasteiger partial charge in [0.15, 0.2) is 11.5 Å². The van der Waals surface area contributed by atoms with Crippen molar-refractivity contribution in [2.75, 3.05) is 20.1 Å². The van der Waals surface area contributed by atoms with Crippen LogP contribution in [-0.4, -0.2) is 35.3 Å². The Kier molecular flexibility index (Phi) is 1.74. The fraction of sp³-hybridized carbons (Fsp3) is 0.500. The second-order valence-electron chi connectivity index (χ2n) is 4.79. The van der Waals surface area contributed by atoms with Gasteiger partial charge >= 0.3 is 0 Å². The highest BCUT2D eigenvalue weighted by Crippen LogP contribution is 2.47. The predicted molar refractivity (Wildman–Crippen MR) is 57.2 cm³/mol. The molecule has 15 heavy (non-hydrogen) atoms. The number of hydrogen-bond acceptors (Lipinski definition) is 3. The summed E-state index contributed by atoms with van der Waals surface area (Å²) >= 11 is 0. The monoisotopic (exact) mass is 205 g/mol. The molecule has 0 bridgehead atoms. The molecule has 1 fully saturated rings. The van der Waals surface area contributed by atoms with Crippen molar-refractivity contribution in [1.82, 2.24) is 4.90 Å². The molecular formula is C12H15NO2. The molecule has 2 N–H and O–H groups in total. The number of phenols is 2. The number of fused-ring (bicyclic) bond motifs is 3. The highest BCUT2D eigenvalue weighted by Gasteiger charge is 2.40. The molecule has 2 unspecified atom stereocenters. The van der Waals surface area contributed by atoms with E-state index in [1.54, 1.807) is 6.07 Å². The highest BCUT2D eigenvalue weighted by atomic mass is 16.3. The Morgan fingerprint density at radius 3 is 2.87 bits per heavy atom. The van der Waals surface area contributed by atoms with Crippen molar-refractivity contribution in [3.63, 3.8) is 0 Å². The quantitative estimate of drug-likeness (QED) is 0.627. The molecule has 3 rings (SSSR count). The number of likely N-dealkylation sites (tertiary alicyclic amines) is 1. The first-order chi connectivity index (χ1) is 7.16. The van der Waals surface area contributed by atoms with E-state index in [9.17, 15) is 10.2 Å². The lowest BCUT2D eigenvalue weighted by Crippen LogP contribution is -2.15. The molecule has 1 aliphatic carbocycles. The first-order valence-corrected chi connectivity index (χ1v) is 5.39. The van der Waals surface area contributed by atoms with Crippen LogP contribution in [0.5, 0.6) is 11.5 Å². The Bertz CT molecular complexity index is 416. The van der Waals surface area contributed by atoms with Gasteiger partial charge < -0.3 is 15.1 Å². The minimum atomic E-state index is 0.0158. The van der Waals surface area contributed by atoms with Gasteiger partial charge in [-0.25, -0.2) is 0 Å². The van der Waals surface area contributed by atoms with Gasteiger partial charge in [-0.3, -0.25) is 0 Å². The Balaban J connectivity index is 2.07. The maximum atomic E-state index is 9.78. The lowest BCUT2D eigenvalue weighted by atomic mass is 9.96. The van der Waals surface area contributed by atoms with Crippen LogP contribution in [0, 0.1) is 5.92 Å². The summed E-state index contributed by atoms with van der Waals surface area (Å²) in [5.74, 6) is 1.29. The minimum absolute atomic E-state index is 0.0158. The van der Waals surface area contributed by atoms with Crippen LogP contribution < -0.4 is 0 Å². The number of likely N-dealkylation sites (N-methyl/N-ethyl adjacent to an activating group) is 1. The Morgan fingerprint density at radius 2 is 2.07 bits per heavy atom. The van der Waals surface area contributed by atoms with E-state index < -0.39 is 0 Å². The van der Waals surface area contributed by atoms with Crippen molar-refractivity contribution in [1.29, 1.82) is 0 Å². The lowest BCUT2D eigenvalue weighted by molar-refractivity contribution is 0.383. The van der Waals surface area contributed by atoms with Gasteiger partial charge in [-0.15, -0.1) is 0 Å². The van der Waals surface area contributed by atoms with Crippen LogP contribution in [0.3, 0.4) is 0 Å². The van der Waals surface area contributed by atoms with Crippen LogP contribution in [0.1, 0.15) is 17.0 Å². The number of benzene rings is 1. The Labute approximate surface area is 89.0 Å². The molecule has 0 amide bonds. The average Bonchev–Trinajstić information content (AvgIpc) is 2.68. The Morgan fingerprint density at radius 1 is 1.27 bits per heavy atom.